The van der Waals surface area contributed by atoms with Crippen LogP contribution in [0.3, 0.4) is 0 Å². The van der Waals surface area contributed by atoms with Crippen molar-refractivity contribution in [1.82, 2.24) is 4.90 Å². The van der Waals surface area contributed by atoms with Crippen molar-refractivity contribution in [3.8, 4) is 28.7 Å². The minimum atomic E-state index is -0.652. The van der Waals surface area contributed by atoms with E-state index >= 15 is 0 Å². The summed E-state index contributed by atoms with van der Waals surface area (Å²) < 4.78 is 46.6. The fourth-order valence-corrected chi connectivity index (χ4v) is 4.77. The first-order chi connectivity index (χ1) is 19.4. The largest absolute Gasteiger partial charge is 0.493 e. The first-order valence-electron chi connectivity index (χ1n) is 12.6. The predicted octanol–water partition coefficient (Wildman–Crippen LogP) is 4.46. The number of benzene rings is 3. The molecule has 1 heterocycles. The summed E-state index contributed by atoms with van der Waals surface area (Å²) in [5.74, 6) is 1.14. The Morgan fingerprint density at radius 3 is 2.10 bits per heavy atom. The van der Waals surface area contributed by atoms with Gasteiger partial charge in [-0.2, -0.15) is 0 Å². The smallest absolute Gasteiger partial charge is 0.254 e. The average molecular weight is 554 g/mol. The number of rotatable bonds is 13. The topological polar surface area (TPSA) is 92.8 Å². The zero-order valence-electron chi connectivity index (χ0n) is 23.1. The highest BCUT2D eigenvalue weighted by Gasteiger charge is 2.48. The molecule has 1 amide bonds. The Balaban J connectivity index is 1.46. The minimum Gasteiger partial charge on any atom is -0.493 e. The van der Waals surface area contributed by atoms with Gasteiger partial charge in [0.05, 0.1) is 41.1 Å². The lowest BCUT2D eigenvalue weighted by atomic mass is 9.90. The third-order valence-electron chi connectivity index (χ3n) is 6.75. The molecular weight excluding hydrogens is 521 g/mol. The van der Waals surface area contributed by atoms with E-state index in [4.69, 9.17) is 28.4 Å². The van der Waals surface area contributed by atoms with E-state index in [0.29, 0.717) is 58.4 Å². The summed E-state index contributed by atoms with van der Waals surface area (Å²) in [5, 5.41) is 0. The van der Waals surface area contributed by atoms with E-state index in [1.165, 1.54) is 47.7 Å². The van der Waals surface area contributed by atoms with E-state index < -0.39 is 6.10 Å². The highest BCUT2D eigenvalue weighted by atomic mass is 19.1. The molecule has 1 saturated heterocycles. The summed E-state index contributed by atoms with van der Waals surface area (Å²) in [4.78, 5) is 27.6. The average Bonchev–Trinajstić information content (AvgIpc) is 2.98. The van der Waals surface area contributed by atoms with Crippen molar-refractivity contribution in [2.24, 2.45) is 0 Å². The molecule has 0 radical (unpaired) electrons. The van der Waals surface area contributed by atoms with Crippen molar-refractivity contribution in [1.29, 1.82) is 0 Å². The summed E-state index contributed by atoms with van der Waals surface area (Å²) in [6.45, 7) is 0.627. The van der Waals surface area contributed by atoms with E-state index in [2.05, 4.69) is 0 Å². The zero-order chi connectivity index (χ0) is 28.8. The van der Waals surface area contributed by atoms with Gasteiger partial charge in [0, 0.05) is 24.8 Å². The van der Waals surface area contributed by atoms with Crippen LogP contribution < -0.4 is 23.7 Å². The first kappa shape index (κ1) is 28.7. The number of amides is 1. The van der Waals surface area contributed by atoms with E-state index in [0.717, 1.165) is 0 Å². The molecule has 0 aliphatic carbocycles. The van der Waals surface area contributed by atoms with Gasteiger partial charge in [0.25, 0.3) is 5.91 Å². The standard InChI is InChI=1S/C30H32FNO8/c1-35-22-11-10-19(27(33)20-16-24(36-2)28(38-4)25(17-20)37-3)15-23(22)40-13-7-12-32-26(29(39-5)30(32)34)18-8-6-9-21(31)14-18/h6,8-11,14-17,26,29H,7,12-13H2,1-5H3/t26-,29+/m1/s1. The van der Waals surface area contributed by atoms with Gasteiger partial charge < -0.3 is 33.3 Å². The maximum Gasteiger partial charge on any atom is 0.254 e. The van der Waals surface area contributed by atoms with Gasteiger partial charge in [0.15, 0.2) is 34.9 Å². The number of hydrogen-bond acceptors (Lipinski definition) is 8. The number of β-lactam (4-membered cyclic amide) rings is 1. The van der Waals surface area contributed by atoms with Gasteiger partial charge in [-0.25, -0.2) is 4.39 Å². The Bertz CT molecular complexity index is 1350. The van der Waals surface area contributed by atoms with E-state index in [-0.39, 0.29) is 30.2 Å². The molecule has 1 aliphatic rings. The van der Waals surface area contributed by atoms with Crippen LogP contribution in [0.25, 0.3) is 0 Å². The summed E-state index contributed by atoms with van der Waals surface area (Å²) in [6, 6.07) is 13.9. The van der Waals surface area contributed by atoms with Crippen molar-refractivity contribution in [2.75, 3.05) is 48.7 Å². The molecule has 1 aliphatic heterocycles. The summed E-state index contributed by atoms with van der Waals surface area (Å²) in [5.41, 5.74) is 1.39. The molecule has 0 bridgehead atoms. The summed E-state index contributed by atoms with van der Waals surface area (Å²) in [6.07, 6.45) is -0.164. The monoisotopic (exact) mass is 553 g/mol. The van der Waals surface area contributed by atoms with Gasteiger partial charge in [-0.1, -0.05) is 12.1 Å². The first-order valence-corrected chi connectivity index (χ1v) is 12.6. The van der Waals surface area contributed by atoms with Crippen molar-refractivity contribution in [2.45, 2.75) is 18.6 Å². The van der Waals surface area contributed by atoms with E-state index in [9.17, 15) is 14.0 Å². The number of likely N-dealkylation sites (tertiary alicyclic amines) is 1. The third kappa shape index (κ3) is 5.67. The van der Waals surface area contributed by atoms with Gasteiger partial charge >= 0.3 is 0 Å². The second-order valence-corrected chi connectivity index (χ2v) is 9.00. The number of halogens is 1. The Morgan fingerprint density at radius 1 is 0.825 bits per heavy atom. The zero-order valence-corrected chi connectivity index (χ0v) is 23.1. The molecule has 0 spiro atoms. The fraction of sp³-hybridized carbons (Fsp3) is 0.333. The van der Waals surface area contributed by atoms with Crippen LogP contribution in [0, 0.1) is 5.82 Å². The van der Waals surface area contributed by atoms with Crippen molar-refractivity contribution >= 4 is 11.7 Å². The summed E-state index contributed by atoms with van der Waals surface area (Å²) in [7, 11) is 7.43. The molecule has 10 heteroatoms. The molecular formula is C30H32FNO8. The molecule has 2 atom stereocenters. The van der Waals surface area contributed by atoms with Crippen molar-refractivity contribution < 1.29 is 42.4 Å². The molecule has 0 unspecified atom stereocenters. The van der Waals surface area contributed by atoms with E-state index in [1.807, 2.05) is 0 Å². The molecule has 3 aromatic rings. The molecule has 9 nitrogen and oxygen atoms in total. The number of carbonyl (C=O) groups excluding carboxylic acids is 2. The Morgan fingerprint density at radius 2 is 1.50 bits per heavy atom. The highest BCUT2D eigenvalue weighted by Crippen LogP contribution is 2.40. The number of carbonyl (C=O) groups is 2. The van der Waals surface area contributed by atoms with Gasteiger partial charge in [-0.05, 0) is 54.4 Å². The lowest BCUT2D eigenvalue weighted by Crippen LogP contribution is -2.59. The predicted molar refractivity (Wildman–Crippen MR) is 144 cm³/mol. The Kier molecular flexibility index (Phi) is 9.11. The quantitative estimate of drug-likeness (QED) is 0.174. The molecule has 0 saturated carbocycles. The van der Waals surface area contributed by atoms with Crippen LogP contribution in [0.4, 0.5) is 4.39 Å². The lowest BCUT2D eigenvalue weighted by Gasteiger charge is -2.46. The molecule has 40 heavy (non-hydrogen) atoms. The molecule has 4 rings (SSSR count). The Hall–Kier alpha value is -4.31. The van der Waals surface area contributed by atoms with Crippen LogP contribution in [0.15, 0.2) is 54.6 Å². The second-order valence-electron chi connectivity index (χ2n) is 9.00. The molecule has 0 aromatic heterocycles. The van der Waals surface area contributed by atoms with Gasteiger partial charge in [0.2, 0.25) is 5.75 Å². The number of nitrogens with zero attached hydrogens (tertiary/aromatic N) is 1. The number of hydrogen-bond donors (Lipinski definition) is 0. The van der Waals surface area contributed by atoms with Gasteiger partial charge in [0.1, 0.15) is 5.82 Å². The fourth-order valence-electron chi connectivity index (χ4n) is 4.77. The van der Waals surface area contributed by atoms with Crippen LogP contribution in [0.1, 0.15) is 33.9 Å². The summed E-state index contributed by atoms with van der Waals surface area (Å²) >= 11 is 0. The maximum absolute atomic E-state index is 13.8. The number of ketones is 1. The normalized spacial score (nSPS) is 16.2. The van der Waals surface area contributed by atoms with Crippen LogP contribution >= 0.6 is 0 Å². The molecule has 212 valence electrons. The van der Waals surface area contributed by atoms with Gasteiger partial charge in [-0.3, -0.25) is 9.59 Å². The van der Waals surface area contributed by atoms with Crippen LogP contribution in [0.2, 0.25) is 0 Å². The highest BCUT2D eigenvalue weighted by molar-refractivity contribution is 6.10. The molecule has 1 fully saturated rings. The van der Waals surface area contributed by atoms with E-state index in [1.54, 1.807) is 47.4 Å². The number of methoxy groups -OCH3 is 5. The van der Waals surface area contributed by atoms with Crippen LogP contribution in [-0.4, -0.2) is 71.4 Å². The van der Waals surface area contributed by atoms with Crippen LogP contribution in [0.5, 0.6) is 28.7 Å². The molecule has 0 N–H and O–H groups in total. The Labute approximate surface area is 232 Å². The lowest BCUT2D eigenvalue weighted by molar-refractivity contribution is -0.171. The minimum absolute atomic E-state index is 0.160. The third-order valence-corrected chi connectivity index (χ3v) is 6.75. The van der Waals surface area contributed by atoms with Crippen LogP contribution in [-0.2, 0) is 9.53 Å². The number of ether oxygens (including phenoxy) is 6. The SMILES string of the molecule is COc1ccc(C(=O)c2cc(OC)c(OC)c(OC)c2)cc1OCCCN1C(=O)[C@@H](OC)[C@H]1c1cccc(F)c1. The van der Waals surface area contributed by atoms with Crippen molar-refractivity contribution in [3.63, 3.8) is 0 Å². The molecule has 3 aromatic carbocycles. The maximum atomic E-state index is 13.8. The van der Waals surface area contributed by atoms with Crippen molar-refractivity contribution in [3.05, 3.63) is 77.1 Å². The van der Waals surface area contributed by atoms with Gasteiger partial charge in [-0.15, -0.1) is 0 Å². The second kappa shape index (κ2) is 12.7.